The van der Waals surface area contributed by atoms with E-state index < -0.39 is 6.04 Å². The average Bonchev–Trinajstić information content (AvgIpc) is 3.06. The zero-order valence-corrected chi connectivity index (χ0v) is 18.4. The van der Waals surface area contributed by atoms with Crippen molar-refractivity contribution in [1.29, 1.82) is 0 Å². The SMILES string of the molecule is CCCOc1ccc(N2C(=O)C[C@H](N3CCN(c4cc(C)nc(C)n4)CC3)C2=O)cc1. The van der Waals surface area contributed by atoms with E-state index in [4.69, 9.17) is 4.74 Å². The van der Waals surface area contributed by atoms with Crippen LogP contribution in [-0.4, -0.2) is 65.5 Å². The molecule has 2 saturated heterocycles. The first-order valence-electron chi connectivity index (χ1n) is 10.9. The molecule has 2 aliphatic rings. The fourth-order valence-corrected chi connectivity index (χ4v) is 4.21. The van der Waals surface area contributed by atoms with E-state index in [1.54, 1.807) is 12.1 Å². The zero-order chi connectivity index (χ0) is 22.0. The van der Waals surface area contributed by atoms with Crippen molar-refractivity contribution in [2.45, 2.75) is 39.7 Å². The number of ether oxygens (including phenoxy) is 1. The third-order valence-electron chi connectivity index (χ3n) is 5.72. The molecular formula is C23H29N5O3. The first-order valence-corrected chi connectivity index (χ1v) is 10.9. The fourth-order valence-electron chi connectivity index (χ4n) is 4.21. The predicted molar refractivity (Wildman–Crippen MR) is 118 cm³/mol. The van der Waals surface area contributed by atoms with Gasteiger partial charge in [-0.25, -0.2) is 14.9 Å². The van der Waals surface area contributed by atoms with Crippen molar-refractivity contribution in [2.24, 2.45) is 0 Å². The molecule has 2 aliphatic heterocycles. The Morgan fingerprint density at radius 2 is 1.74 bits per heavy atom. The number of imide groups is 1. The van der Waals surface area contributed by atoms with Gasteiger partial charge in [-0.1, -0.05) is 6.92 Å². The van der Waals surface area contributed by atoms with Gasteiger partial charge in [0.1, 0.15) is 17.4 Å². The fraction of sp³-hybridized carbons (Fsp3) is 0.478. The molecule has 0 bridgehead atoms. The quantitative estimate of drug-likeness (QED) is 0.660. The molecule has 0 saturated carbocycles. The number of aryl methyl sites for hydroxylation is 2. The summed E-state index contributed by atoms with van der Waals surface area (Å²) in [5, 5.41) is 0. The Balaban J connectivity index is 1.40. The minimum Gasteiger partial charge on any atom is -0.494 e. The molecule has 1 aromatic heterocycles. The molecule has 0 N–H and O–H groups in total. The van der Waals surface area contributed by atoms with Gasteiger partial charge in [0.25, 0.3) is 5.91 Å². The third kappa shape index (κ3) is 4.54. The van der Waals surface area contributed by atoms with Crippen LogP contribution in [0.3, 0.4) is 0 Å². The van der Waals surface area contributed by atoms with Gasteiger partial charge in [-0.2, -0.15) is 0 Å². The summed E-state index contributed by atoms with van der Waals surface area (Å²) in [6.07, 6.45) is 1.15. The Labute approximate surface area is 182 Å². The normalized spacial score (nSPS) is 19.9. The van der Waals surface area contributed by atoms with Crippen LogP contribution < -0.4 is 14.5 Å². The van der Waals surface area contributed by atoms with E-state index >= 15 is 0 Å². The van der Waals surface area contributed by atoms with Gasteiger partial charge in [0.05, 0.1) is 24.8 Å². The number of rotatable bonds is 6. The molecule has 0 unspecified atom stereocenters. The van der Waals surface area contributed by atoms with Crippen LogP contribution in [0, 0.1) is 13.8 Å². The Kier molecular flexibility index (Phi) is 6.18. The Bertz CT molecular complexity index is 934. The molecule has 2 amide bonds. The lowest BCUT2D eigenvalue weighted by Gasteiger charge is -2.37. The van der Waals surface area contributed by atoms with Crippen LogP contribution in [0.25, 0.3) is 0 Å². The second kappa shape index (κ2) is 9.01. The molecule has 8 nitrogen and oxygen atoms in total. The summed E-state index contributed by atoms with van der Waals surface area (Å²) in [4.78, 5) is 40.3. The number of hydrogen-bond donors (Lipinski definition) is 0. The number of amides is 2. The van der Waals surface area contributed by atoms with Crippen LogP contribution in [-0.2, 0) is 9.59 Å². The molecule has 31 heavy (non-hydrogen) atoms. The van der Waals surface area contributed by atoms with Crippen LogP contribution in [0.1, 0.15) is 31.3 Å². The van der Waals surface area contributed by atoms with Crippen molar-refractivity contribution in [3.8, 4) is 5.75 Å². The molecule has 3 heterocycles. The maximum absolute atomic E-state index is 13.1. The minimum absolute atomic E-state index is 0.144. The molecule has 0 aliphatic carbocycles. The van der Waals surface area contributed by atoms with E-state index in [1.165, 1.54) is 4.90 Å². The summed E-state index contributed by atoms with van der Waals surface area (Å²) in [5.74, 6) is 2.13. The molecule has 2 aromatic rings. The number of carbonyl (C=O) groups excluding carboxylic acids is 2. The highest BCUT2D eigenvalue weighted by molar-refractivity contribution is 6.22. The Hall–Kier alpha value is -3.00. The molecule has 0 spiro atoms. The summed E-state index contributed by atoms with van der Waals surface area (Å²) >= 11 is 0. The van der Waals surface area contributed by atoms with Crippen molar-refractivity contribution in [1.82, 2.24) is 14.9 Å². The third-order valence-corrected chi connectivity index (χ3v) is 5.72. The molecule has 2 fully saturated rings. The minimum atomic E-state index is -0.403. The van der Waals surface area contributed by atoms with Crippen molar-refractivity contribution >= 4 is 23.3 Å². The topological polar surface area (TPSA) is 78.9 Å². The molecule has 1 aromatic carbocycles. The van der Waals surface area contributed by atoms with E-state index in [0.717, 1.165) is 42.6 Å². The van der Waals surface area contributed by atoms with Gasteiger partial charge in [-0.3, -0.25) is 14.5 Å². The maximum Gasteiger partial charge on any atom is 0.251 e. The molecular weight excluding hydrogens is 394 g/mol. The van der Waals surface area contributed by atoms with Crippen LogP contribution in [0.15, 0.2) is 30.3 Å². The number of benzene rings is 1. The van der Waals surface area contributed by atoms with Crippen molar-refractivity contribution in [3.63, 3.8) is 0 Å². The highest BCUT2D eigenvalue weighted by Gasteiger charge is 2.43. The van der Waals surface area contributed by atoms with Gasteiger partial charge in [0.15, 0.2) is 0 Å². The molecule has 8 heteroatoms. The average molecular weight is 424 g/mol. The summed E-state index contributed by atoms with van der Waals surface area (Å²) in [6, 6.07) is 8.76. The number of carbonyl (C=O) groups is 2. The monoisotopic (exact) mass is 423 g/mol. The van der Waals surface area contributed by atoms with Crippen LogP contribution in [0.5, 0.6) is 5.75 Å². The van der Waals surface area contributed by atoms with Crippen LogP contribution in [0.4, 0.5) is 11.5 Å². The number of hydrogen-bond acceptors (Lipinski definition) is 7. The summed E-state index contributed by atoms with van der Waals surface area (Å²) in [7, 11) is 0. The molecule has 164 valence electrons. The number of aromatic nitrogens is 2. The number of anilines is 2. The summed E-state index contributed by atoms with van der Waals surface area (Å²) < 4.78 is 5.59. The summed E-state index contributed by atoms with van der Waals surface area (Å²) in [5.41, 5.74) is 1.55. The Morgan fingerprint density at radius 1 is 1.03 bits per heavy atom. The zero-order valence-electron chi connectivity index (χ0n) is 18.4. The highest BCUT2D eigenvalue weighted by Crippen LogP contribution is 2.28. The van der Waals surface area contributed by atoms with Gasteiger partial charge < -0.3 is 9.64 Å². The summed E-state index contributed by atoms with van der Waals surface area (Å²) in [6.45, 7) is 9.50. The van der Waals surface area contributed by atoms with Crippen molar-refractivity contribution in [3.05, 3.63) is 41.9 Å². The standard InChI is InChI=1S/C23H29N5O3/c1-4-13-31-19-7-5-18(6-8-19)28-22(29)15-20(23(28)30)26-9-11-27(12-10-26)21-14-16(2)24-17(3)25-21/h5-8,14,20H,4,9-13,15H2,1-3H3/t20-/m0/s1. The first-order chi connectivity index (χ1) is 15.0. The van der Waals surface area contributed by atoms with Gasteiger partial charge in [0.2, 0.25) is 5.91 Å². The first kappa shape index (κ1) is 21.2. The predicted octanol–water partition coefficient (Wildman–Crippen LogP) is 2.34. The molecule has 1 atom stereocenters. The lowest BCUT2D eigenvalue weighted by Crippen LogP contribution is -2.52. The molecule has 4 rings (SSSR count). The van der Waals surface area contributed by atoms with Crippen molar-refractivity contribution in [2.75, 3.05) is 42.6 Å². The van der Waals surface area contributed by atoms with Crippen LogP contribution in [0.2, 0.25) is 0 Å². The Morgan fingerprint density at radius 3 is 2.39 bits per heavy atom. The van der Waals surface area contributed by atoms with E-state index in [9.17, 15) is 9.59 Å². The number of piperazine rings is 1. The maximum atomic E-state index is 13.1. The van der Waals surface area contributed by atoms with Crippen molar-refractivity contribution < 1.29 is 14.3 Å². The van der Waals surface area contributed by atoms with Gasteiger partial charge in [-0.15, -0.1) is 0 Å². The van der Waals surface area contributed by atoms with Gasteiger partial charge >= 0.3 is 0 Å². The highest BCUT2D eigenvalue weighted by atomic mass is 16.5. The second-order valence-corrected chi connectivity index (χ2v) is 8.07. The van der Waals surface area contributed by atoms with Gasteiger partial charge in [0, 0.05) is 37.9 Å². The van der Waals surface area contributed by atoms with E-state index in [1.807, 2.05) is 39.0 Å². The van der Waals surface area contributed by atoms with Crippen LogP contribution >= 0.6 is 0 Å². The lowest BCUT2D eigenvalue weighted by molar-refractivity contribution is -0.123. The van der Waals surface area contributed by atoms with E-state index in [-0.39, 0.29) is 18.2 Å². The largest absolute Gasteiger partial charge is 0.494 e. The van der Waals surface area contributed by atoms with E-state index in [0.29, 0.717) is 25.4 Å². The second-order valence-electron chi connectivity index (χ2n) is 8.07. The smallest absolute Gasteiger partial charge is 0.251 e. The van der Waals surface area contributed by atoms with Gasteiger partial charge in [-0.05, 0) is 44.5 Å². The lowest BCUT2D eigenvalue weighted by atomic mass is 10.1. The molecule has 0 radical (unpaired) electrons. The van der Waals surface area contributed by atoms with E-state index in [2.05, 4.69) is 19.8 Å². The number of nitrogens with zero attached hydrogens (tertiary/aromatic N) is 5.